The SMILES string of the molecule is c1ccc(-c2ccc(-c3c(-c4nc(-c5ccccc5)nc(-c5cccc6oc7ccccc7c56)n4)ccc4oc5ccccc5c34)cc2)cc1. The third-order valence-corrected chi connectivity index (χ3v) is 9.38. The van der Waals surface area contributed by atoms with Gasteiger partial charge in [-0.2, -0.15) is 0 Å². The summed E-state index contributed by atoms with van der Waals surface area (Å²) in [4.78, 5) is 15.5. The van der Waals surface area contributed by atoms with Gasteiger partial charge in [-0.15, -0.1) is 0 Å². The van der Waals surface area contributed by atoms with Gasteiger partial charge in [-0.25, -0.2) is 15.0 Å². The molecule has 10 rings (SSSR count). The minimum Gasteiger partial charge on any atom is -0.456 e. The summed E-state index contributed by atoms with van der Waals surface area (Å²) in [5, 5.41) is 4.06. The number of aromatic nitrogens is 3. The number of hydrogen-bond acceptors (Lipinski definition) is 5. The normalized spacial score (nSPS) is 11.6. The van der Waals surface area contributed by atoms with Crippen LogP contribution in [-0.4, -0.2) is 15.0 Å². The molecule has 50 heavy (non-hydrogen) atoms. The summed E-state index contributed by atoms with van der Waals surface area (Å²) in [5.41, 5.74) is 10.3. The number of rotatable bonds is 5. The van der Waals surface area contributed by atoms with Crippen LogP contribution in [0.2, 0.25) is 0 Å². The maximum Gasteiger partial charge on any atom is 0.164 e. The van der Waals surface area contributed by atoms with Crippen molar-refractivity contribution in [3.63, 3.8) is 0 Å². The molecule has 0 saturated carbocycles. The monoisotopic (exact) mass is 641 g/mol. The predicted octanol–water partition coefficient (Wildman–Crippen LogP) is 12.0. The molecule has 3 aromatic heterocycles. The van der Waals surface area contributed by atoms with Crippen molar-refractivity contribution in [1.82, 2.24) is 15.0 Å². The van der Waals surface area contributed by atoms with E-state index in [0.29, 0.717) is 17.5 Å². The second-order valence-electron chi connectivity index (χ2n) is 12.4. The van der Waals surface area contributed by atoms with Gasteiger partial charge in [0.05, 0.1) is 0 Å². The third-order valence-electron chi connectivity index (χ3n) is 9.38. The molecule has 0 radical (unpaired) electrons. The predicted molar refractivity (Wildman–Crippen MR) is 202 cm³/mol. The summed E-state index contributed by atoms with van der Waals surface area (Å²) < 4.78 is 12.7. The molecular formula is C45H27N3O2. The molecule has 5 nitrogen and oxygen atoms in total. The number of hydrogen-bond donors (Lipinski definition) is 0. The summed E-state index contributed by atoms with van der Waals surface area (Å²) in [6.07, 6.45) is 0. The van der Waals surface area contributed by atoms with Gasteiger partial charge in [0, 0.05) is 43.8 Å². The maximum absolute atomic E-state index is 6.40. The molecule has 10 aromatic rings. The van der Waals surface area contributed by atoms with Crippen LogP contribution < -0.4 is 0 Å². The summed E-state index contributed by atoms with van der Waals surface area (Å²) >= 11 is 0. The van der Waals surface area contributed by atoms with Gasteiger partial charge >= 0.3 is 0 Å². The van der Waals surface area contributed by atoms with Crippen LogP contribution in [0.3, 0.4) is 0 Å². The fraction of sp³-hybridized carbons (Fsp3) is 0. The van der Waals surface area contributed by atoms with E-state index >= 15 is 0 Å². The molecule has 0 fully saturated rings. The van der Waals surface area contributed by atoms with Gasteiger partial charge in [-0.05, 0) is 47.0 Å². The lowest BCUT2D eigenvalue weighted by atomic mass is 9.92. The van der Waals surface area contributed by atoms with E-state index in [4.69, 9.17) is 23.8 Å². The van der Waals surface area contributed by atoms with E-state index in [1.807, 2.05) is 84.9 Å². The Labute approximate surface area is 287 Å². The molecule has 7 aromatic carbocycles. The van der Waals surface area contributed by atoms with Gasteiger partial charge in [0.2, 0.25) is 0 Å². The third kappa shape index (κ3) is 4.60. The van der Waals surface area contributed by atoms with Crippen molar-refractivity contribution in [3.05, 3.63) is 164 Å². The van der Waals surface area contributed by atoms with Crippen LogP contribution in [0.15, 0.2) is 173 Å². The van der Waals surface area contributed by atoms with Crippen molar-refractivity contribution in [1.29, 1.82) is 0 Å². The average molecular weight is 642 g/mol. The first-order valence-corrected chi connectivity index (χ1v) is 16.6. The highest BCUT2D eigenvalue weighted by Gasteiger charge is 2.22. The number of nitrogens with zero attached hydrogens (tertiary/aromatic N) is 3. The van der Waals surface area contributed by atoms with E-state index in [0.717, 1.165) is 77.3 Å². The standard InChI is InChI=1S/C45H27N3O2/c1-3-12-28(13-4-1)29-22-24-30(25-23-29)40-35(26-27-39-42(40)33-17-8-10-20-37(33)50-39)45-47-43(31-14-5-2-6-15-31)46-44(48-45)34-18-11-21-38-41(34)32-16-7-9-19-36(32)49-38/h1-27H. The molecule has 3 heterocycles. The Kier molecular flexibility index (Phi) is 6.42. The minimum absolute atomic E-state index is 0.577. The summed E-state index contributed by atoms with van der Waals surface area (Å²) in [6, 6.07) is 55.7. The molecule has 0 N–H and O–H groups in total. The molecule has 5 heteroatoms. The van der Waals surface area contributed by atoms with Crippen LogP contribution in [0, 0.1) is 0 Å². The van der Waals surface area contributed by atoms with E-state index in [1.54, 1.807) is 0 Å². The van der Waals surface area contributed by atoms with E-state index < -0.39 is 0 Å². The lowest BCUT2D eigenvalue weighted by Crippen LogP contribution is -2.01. The van der Waals surface area contributed by atoms with Gasteiger partial charge in [0.25, 0.3) is 0 Å². The van der Waals surface area contributed by atoms with Crippen molar-refractivity contribution in [2.24, 2.45) is 0 Å². The number of para-hydroxylation sites is 2. The number of furan rings is 2. The largest absolute Gasteiger partial charge is 0.456 e. The molecule has 0 aliphatic heterocycles. The van der Waals surface area contributed by atoms with Gasteiger partial charge < -0.3 is 8.83 Å². The van der Waals surface area contributed by atoms with Crippen LogP contribution in [0.4, 0.5) is 0 Å². The molecule has 0 atom stereocenters. The van der Waals surface area contributed by atoms with Gasteiger partial charge in [0.1, 0.15) is 22.3 Å². The average Bonchev–Trinajstić information content (AvgIpc) is 3.77. The van der Waals surface area contributed by atoms with Crippen LogP contribution in [0.5, 0.6) is 0 Å². The van der Waals surface area contributed by atoms with Crippen LogP contribution in [0.1, 0.15) is 0 Å². The van der Waals surface area contributed by atoms with Gasteiger partial charge in [-0.1, -0.05) is 133 Å². The Morgan fingerprint density at radius 1 is 0.300 bits per heavy atom. The lowest BCUT2D eigenvalue weighted by molar-refractivity contribution is 0.668. The molecule has 0 saturated heterocycles. The zero-order chi connectivity index (χ0) is 33.0. The van der Waals surface area contributed by atoms with Crippen molar-refractivity contribution < 1.29 is 8.83 Å². The fourth-order valence-corrected chi connectivity index (χ4v) is 7.06. The van der Waals surface area contributed by atoms with Crippen molar-refractivity contribution in [3.8, 4) is 56.4 Å². The Hall–Kier alpha value is -6.85. The molecule has 0 aliphatic rings. The minimum atomic E-state index is 0.577. The van der Waals surface area contributed by atoms with Crippen molar-refractivity contribution in [2.75, 3.05) is 0 Å². The first-order chi connectivity index (χ1) is 24.8. The Morgan fingerprint density at radius 2 is 0.800 bits per heavy atom. The first-order valence-electron chi connectivity index (χ1n) is 16.6. The number of fused-ring (bicyclic) bond motifs is 6. The smallest absolute Gasteiger partial charge is 0.164 e. The first kappa shape index (κ1) is 28.2. The summed E-state index contributed by atoms with van der Waals surface area (Å²) in [7, 11) is 0. The molecule has 234 valence electrons. The van der Waals surface area contributed by atoms with Crippen molar-refractivity contribution >= 4 is 43.9 Å². The Balaban J connectivity index is 1.26. The molecule has 0 unspecified atom stereocenters. The summed E-state index contributed by atoms with van der Waals surface area (Å²) in [6.45, 7) is 0. The second-order valence-corrected chi connectivity index (χ2v) is 12.4. The van der Waals surface area contributed by atoms with E-state index in [2.05, 4.69) is 78.9 Å². The topological polar surface area (TPSA) is 65.0 Å². The van der Waals surface area contributed by atoms with Gasteiger partial charge in [-0.3, -0.25) is 0 Å². The highest BCUT2D eigenvalue weighted by atomic mass is 16.3. The summed E-state index contributed by atoms with van der Waals surface area (Å²) in [5.74, 6) is 1.75. The lowest BCUT2D eigenvalue weighted by Gasteiger charge is -2.14. The van der Waals surface area contributed by atoms with Crippen LogP contribution in [0.25, 0.3) is 100 Å². The zero-order valence-corrected chi connectivity index (χ0v) is 26.7. The van der Waals surface area contributed by atoms with Crippen LogP contribution >= 0.6 is 0 Å². The fourth-order valence-electron chi connectivity index (χ4n) is 7.06. The molecular weight excluding hydrogens is 615 g/mol. The van der Waals surface area contributed by atoms with Crippen LogP contribution in [-0.2, 0) is 0 Å². The second kappa shape index (κ2) is 11.4. The molecule has 0 bridgehead atoms. The Morgan fingerprint density at radius 3 is 1.50 bits per heavy atom. The molecule has 0 aliphatic carbocycles. The molecule has 0 amide bonds. The highest BCUT2D eigenvalue weighted by Crippen LogP contribution is 2.43. The number of benzene rings is 7. The quantitative estimate of drug-likeness (QED) is 0.187. The maximum atomic E-state index is 6.40. The van der Waals surface area contributed by atoms with E-state index in [9.17, 15) is 0 Å². The molecule has 0 spiro atoms. The highest BCUT2D eigenvalue weighted by molar-refractivity contribution is 6.16. The van der Waals surface area contributed by atoms with E-state index in [1.165, 1.54) is 5.56 Å². The van der Waals surface area contributed by atoms with Gasteiger partial charge in [0.15, 0.2) is 17.5 Å². The Bertz CT molecular complexity index is 2850. The van der Waals surface area contributed by atoms with E-state index in [-0.39, 0.29) is 0 Å². The van der Waals surface area contributed by atoms with Crippen molar-refractivity contribution in [2.45, 2.75) is 0 Å². The zero-order valence-electron chi connectivity index (χ0n) is 26.7.